The Morgan fingerprint density at radius 1 is 1.14 bits per heavy atom. The monoisotopic (exact) mass is 534 g/mol. The molecule has 0 spiro atoms. The van der Waals surface area contributed by atoms with E-state index in [1.807, 2.05) is 0 Å². The number of esters is 1. The molecule has 4 rings (SSSR count). The molecule has 36 heavy (non-hydrogen) atoms. The number of carbonyl (C=O) groups is 2. The van der Waals surface area contributed by atoms with E-state index < -0.39 is 40.0 Å². The highest BCUT2D eigenvalue weighted by Gasteiger charge is 2.50. The lowest BCUT2D eigenvalue weighted by Crippen LogP contribution is -2.58. The Morgan fingerprint density at radius 2 is 1.86 bits per heavy atom. The van der Waals surface area contributed by atoms with E-state index >= 15 is 0 Å². The van der Waals surface area contributed by atoms with Crippen molar-refractivity contribution in [2.75, 3.05) is 20.0 Å². The molecule has 0 radical (unpaired) electrons. The van der Waals surface area contributed by atoms with E-state index in [2.05, 4.69) is 4.72 Å². The van der Waals surface area contributed by atoms with Gasteiger partial charge in [0.25, 0.3) is 5.91 Å². The lowest BCUT2D eigenvalue weighted by molar-refractivity contribution is -0.147. The number of ether oxygens (including phenoxy) is 2. The molecule has 4 atom stereocenters. The third-order valence-corrected chi connectivity index (χ3v) is 7.85. The predicted molar refractivity (Wildman–Crippen MR) is 137 cm³/mol. The van der Waals surface area contributed by atoms with Crippen LogP contribution in [0.5, 0.6) is 5.75 Å². The maximum absolute atomic E-state index is 14.1. The molecule has 1 saturated carbocycles. The van der Waals surface area contributed by atoms with Gasteiger partial charge in [-0.05, 0) is 43.5 Å². The second kappa shape index (κ2) is 10.8. The molecule has 0 saturated heterocycles. The number of nitrogens with one attached hydrogen (secondary N) is 1. The summed E-state index contributed by atoms with van der Waals surface area (Å²) in [6, 6.07) is 10.4. The summed E-state index contributed by atoms with van der Waals surface area (Å²) < 4.78 is 38.4. The highest BCUT2D eigenvalue weighted by molar-refractivity contribution is 7.88. The lowest BCUT2D eigenvalue weighted by atomic mass is 9.76. The van der Waals surface area contributed by atoms with Gasteiger partial charge in [0.05, 0.1) is 26.0 Å². The fourth-order valence-electron chi connectivity index (χ4n) is 5.52. The molecule has 1 aliphatic carbocycles. The Hall–Kier alpha value is -2.62. The van der Waals surface area contributed by atoms with Gasteiger partial charge in [0.1, 0.15) is 11.7 Å². The molecule has 2 aliphatic rings. The zero-order valence-corrected chi connectivity index (χ0v) is 22.1. The summed E-state index contributed by atoms with van der Waals surface area (Å²) in [5, 5.41) is 0.451. The van der Waals surface area contributed by atoms with Crippen molar-refractivity contribution in [1.29, 1.82) is 0 Å². The number of hydrogen-bond acceptors (Lipinski definition) is 6. The third-order valence-electron chi connectivity index (χ3n) is 6.88. The van der Waals surface area contributed by atoms with Crippen molar-refractivity contribution >= 4 is 33.5 Å². The number of hydrogen-bond donors (Lipinski definition) is 1. The van der Waals surface area contributed by atoms with E-state index in [0.717, 1.165) is 19.1 Å². The molecular formula is C26H31ClN2O6S. The number of fused-ring (bicyclic) bond motifs is 1. The zero-order chi connectivity index (χ0) is 26.0. The lowest BCUT2D eigenvalue weighted by Gasteiger charge is -2.49. The van der Waals surface area contributed by atoms with E-state index in [0.29, 0.717) is 40.3 Å². The molecule has 0 bridgehead atoms. The van der Waals surface area contributed by atoms with Crippen molar-refractivity contribution in [3.05, 3.63) is 64.2 Å². The summed E-state index contributed by atoms with van der Waals surface area (Å²) in [6.07, 6.45) is 3.94. The normalized spacial score (nSPS) is 24.2. The number of sulfonamides is 1. The first kappa shape index (κ1) is 26.4. The standard InChI is InChI=1S/C26H31ClN2O6S/c1-4-35-26(31)23-17-9-5-6-10-18(17)25(30)29(21-12-8-7-11-20(21)28-36(3,32)33)24(23)19-14-13-16(27)15-22(19)34-2/h5-6,9-10,13-15,20-21,23-24,28H,4,7-8,11-12H2,1-3H3/t20-,21-,23-,24+/m1/s1. The van der Waals surface area contributed by atoms with Crippen LogP contribution in [-0.4, -0.2) is 57.3 Å². The van der Waals surface area contributed by atoms with E-state index in [4.69, 9.17) is 21.1 Å². The molecule has 194 valence electrons. The molecule has 2 aromatic rings. The number of halogens is 1. The highest BCUT2D eigenvalue weighted by atomic mass is 35.5. The van der Waals surface area contributed by atoms with E-state index in [1.54, 1.807) is 54.3 Å². The minimum atomic E-state index is -3.53. The molecule has 1 fully saturated rings. The molecule has 0 aromatic heterocycles. The summed E-state index contributed by atoms with van der Waals surface area (Å²) in [4.78, 5) is 29.3. The van der Waals surface area contributed by atoms with Crippen molar-refractivity contribution in [3.8, 4) is 5.75 Å². The van der Waals surface area contributed by atoms with E-state index in [-0.39, 0.29) is 12.5 Å². The minimum absolute atomic E-state index is 0.178. The van der Waals surface area contributed by atoms with Crippen molar-refractivity contribution in [2.45, 2.75) is 56.7 Å². The van der Waals surface area contributed by atoms with Crippen molar-refractivity contribution in [1.82, 2.24) is 9.62 Å². The first-order valence-corrected chi connectivity index (χ1v) is 14.3. The molecule has 10 heteroatoms. The van der Waals surface area contributed by atoms with Crippen LogP contribution in [0.4, 0.5) is 0 Å². The molecule has 1 aliphatic heterocycles. The number of benzene rings is 2. The first-order valence-electron chi connectivity index (χ1n) is 12.0. The highest BCUT2D eigenvalue weighted by Crippen LogP contribution is 2.48. The van der Waals surface area contributed by atoms with Gasteiger partial charge in [0, 0.05) is 28.2 Å². The van der Waals surface area contributed by atoms with Crippen LogP contribution in [0, 0.1) is 0 Å². The van der Waals surface area contributed by atoms with Gasteiger partial charge in [0.15, 0.2) is 0 Å². The fourth-order valence-corrected chi connectivity index (χ4v) is 6.51. The van der Waals surface area contributed by atoms with Gasteiger partial charge in [-0.15, -0.1) is 0 Å². The number of rotatable bonds is 7. The fraction of sp³-hybridized carbons (Fsp3) is 0.462. The Bertz CT molecular complexity index is 1250. The number of carbonyl (C=O) groups excluding carboxylic acids is 2. The minimum Gasteiger partial charge on any atom is -0.496 e. The van der Waals surface area contributed by atoms with Crippen LogP contribution in [-0.2, 0) is 19.6 Å². The van der Waals surface area contributed by atoms with Crippen LogP contribution in [0.3, 0.4) is 0 Å². The van der Waals surface area contributed by atoms with E-state index in [1.165, 1.54) is 7.11 Å². The summed E-state index contributed by atoms with van der Waals surface area (Å²) in [6.45, 7) is 1.91. The molecule has 0 unspecified atom stereocenters. The smallest absolute Gasteiger partial charge is 0.315 e. The second-order valence-electron chi connectivity index (χ2n) is 9.21. The summed E-state index contributed by atoms with van der Waals surface area (Å²) in [5.74, 6) is -1.13. The van der Waals surface area contributed by atoms with Crippen LogP contribution in [0.2, 0.25) is 5.02 Å². The van der Waals surface area contributed by atoms with Crippen LogP contribution in [0.1, 0.15) is 66.1 Å². The SMILES string of the molecule is CCOC(=O)[C@@H]1c2ccccc2C(=O)N([C@@H]2CCCC[C@H]2NS(C)(=O)=O)[C@H]1c1ccc(Cl)cc1OC. The first-order chi connectivity index (χ1) is 17.2. The van der Waals surface area contributed by atoms with Crippen molar-refractivity contribution < 1.29 is 27.5 Å². The maximum Gasteiger partial charge on any atom is 0.315 e. The second-order valence-corrected chi connectivity index (χ2v) is 11.4. The van der Waals surface area contributed by atoms with Crippen LogP contribution < -0.4 is 9.46 Å². The Balaban J connectivity index is 1.96. The van der Waals surface area contributed by atoms with Crippen LogP contribution in [0.15, 0.2) is 42.5 Å². The van der Waals surface area contributed by atoms with Gasteiger partial charge in [0.2, 0.25) is 10.0 Å². The molecule has 1 amide bonds. The van der Waals surface area contributed by atoms with Gasteiger partial charge in [-0.3, -0.25) is 9.59 Å². The Labute approximate surface area is 217 Å². The topological polar surface area (TPSA) is 102 Å². The van der Waals surface area contributed by atoms with E-state index in [9.17, 15) is 18.0 Å². The molecule has 2 aromatic carbocycles. The molecule has 1 heterocycles. The summed E-state index contributed by atoms with van der Waals surface area (Å²) >= 11 is 6.24. The van der Waals surface area contributed by atoms with Gasteiger partial charge in [-0.1, -0.05) is 48.7 Å². The molecule has 8 nitrogen and oxygen atoms in total. The van der Waals surface area contributed by atoms with Gasteiger partial charge in [-0.2, -0.15) is 0 Å². The quantitative estimate of drug-likeness (QED) is 0.538. The molecular weight excluding hydrogens is 504 g/mol. The number of methoxy groups -OCH3 is 1. The Morgan fingerprint density at radius 3 is 2.56 bits per heavy atom. The van der Waals surface area contributed by atoms with Crippen molar-refractivity contribution in [2.24, 2.45) is 0 Å². The van der Waals surface area contributed by atoms with Gasteiger partial charge >= 0.3 is 5.97 Å². The summed E-state index contributed by atoms with van der Waals surface area (Å²) in [5.41, 5.74) is 1.58. The number of amides is 1. The largest absolute Gasteiger partial charge is 0.496 e. The maximum atomic E-state index is 14.1. The average Bonchev–Trinajstić information content (AvgIpc) is 2.83. The molecule has 1 N–H and O–H groups in total. The van der Waals surface area contributed by atoms with Crippen LogP contribution in [0.25, 0.3) is 0 Å². The zero-order valence-electron chi connectivity index (χ0n) is 20.6. The van der Waals surface area contributed by atoms with Gasteiger partial charge in [-0.25, -0.2) is 13.1 Å². The predicted octanol–water partition coefficient (Wildman–Crippen LogP) is 4.05. The van der Waals surface area contributed by atoms with Crippen molar-refractivity contribution in [3.63, 3.8) is 0 Å². The summed E-state index contributed by atoms with van der Waals surface area (Å²) in [7, 11) is -2.03. The van der Waals surface area contributed by atoms with Gasteiger partial charge < -0.3 is 14.4 Å². The average molecular weight is 535 g/mol. The number of nitrogens with zero attached hydrogens (tertiary/aromatic N) is 1. The third kappa shape index (κ3) is 5.23. The van der Waals surface area contributed by atoms with Crippen LogP contribution >= 0.6 is 11.6 Å². The Kier molecular flexibility index (Phi) is 7.92.